The van der Waals surface area contributed by atoms with Crippen LogP contribution in [0.2, 0.25) is 5.02 Å². The second kappa shape index (κ2) is 15.6. The van der Waals surface area contributed by atoms with E-state index in [4.69, 9.17) is 11.6 Å². The van der Waals surface area contributed by atoms with Gasteiger partial charge in [-0.15, -0.1) is 0 Å². The first kappa shape index (κ1) is 34.2. The number of nitrogens with zero attached hydrogens (tertiary/aromatic N) is 2. The van der Waals surface area contributed by atoms with Gasteiger partial charge in [-0.05, 0) is 73.7 Å². The van der Waals surface area contributed by atoms with Crippen LogP contribution in [-0.4, -0.2) is 43.8 Å². The molecular weight excluding hydrogens is 630 g/mol. The Morgan fingerprint density at radius 3 is 2.19 bits per heavy atom. The maximum absolute atomic E-state index is 14.7. The van der Waals surface area contributed by atoms with Crippen LogP contribution in [0.3, 0.4) is 0 Å². The Labute approximate surface area is 283 Å². The van der Waals surface area contributed by atoms with E-state index in [1.165, 1.54) is 4.90 Å². The van der Waals surface area contributed by atoms with Gasteiger partial charge in [-0.3, -0.25) is 13.9 Å². The summed E-state index contributed by atoms with van der Waals surface area (Å²) >= 11 is 6.61. The van der Waals surface area contributed by atoms with Gasteiger partial charge in [0.2, 0.25) is 11.8 Å². The third-order valence-corrected chi connectivity index (χ3v) is 10.9. The van der Waals surface area contributed by atoms with Crippen molar-refractivity contribution in [1.82, 2.24) is 10.2 Å². The van der Waals surface area contributed by atoms with Gasteiger partial charge in [0.1, 0.15) is 12.6 Å². The molecule has 0 radical (unpaired) electrons. The Morgan fingerprint density at radius 1 is 0.830 bits per heavy atom. The number of amides is 2. The van der Waals surface area contributed by atoms with Crippen LogP contribution in [0.5, 0.6) is 0 Å². The molecule has 1 saturated carbocycles. The average molecular weight is 672 g/mol. The summed E-state index contributed by atoms with van der Waals surface area (Å²) in [4.78, 5) is 30.5. The molecule has 246 valence electrons. The molecule has 0 saturated heterocycles. The highest BCUT2D eigenvalue weighted by Crippen LogP contribution is 2.27. The highest BCUT2D eigenvalue weighted by Gasteiger charge is 2.35. The highest BCUT2D eigenvalue weighted by atomic mass is 35.5. The lowest BCUT2D eigenvalue weighted by atomic mass is 9.94. The molecule has 5 rings (SSSR count). The molecule has 0 spiro atoms. The fourth-order valence-electron chi connectivity index (χ4n) is 6.06. The molecule has 2 amide bonds. The van der Waals surface area contributed by atoms with Gasteiger partial charge < -0.3 is 10.2 Å². The van der Waals surface area contributed by atoms with Crippen LogP contribution in [0.25, 0.3) is 0 Å². The number of nitrogens with one attached hydrogen (secondary N) is 1. The van der Waals surface area contributed by atoms with E-state index in [0.29, 0.717) is 16.3 Å². The molecular formula is C38H42ClN3O4S. The number of benzene rings is 4. The summed E-state index contributed by atoms with van der Waals surface area (Å²) in [6.45, 7) is 3.28. The van der Waals surface area contributed by atoms with Crippen molar-refractivity contribution in [3.05, 3.63) is 130 Å². The lowest BCUT2D eigenvalue weighted by molar-refractivity contribution is -0.140. The Balaban J connectivity index is 1.57. The molecule has 7 nitrogen and oxygen atoms in total. The van der Waals surface area contributed by atoms with Crippen LogP contribution in [-0.2, 0) is 32.6 Å². The number of rotatable bonds is 12. The normalized spacial score (nSPS) is 14.3. The predicted molar refractivity (Wildman–Crippen MR) is 188 cm³/mol. The lowest BCUT2D eigenvalue weighted by Gasteiger charge is -2.35. The molecule has 9 heteroatoms. The summed E-state index contributed by atoms with van der Waals surface area (Å²) in [6.07, 6.45) is 5.25. The van der Waals surface area contributed by atoms with Crippen molar-refractivity contribution >= 4 is 39.1 Å². The first-order valence-electron chi connectivity index (χ1n) is 16.1. The Kier molecular flexibility index (Phi) is 11.4. The fourth-order valence-corrected chi connectivity index (χ4v) is 7.66. The van der Waals surface area contributed by atoms with Gasteiger partial charge in [-0.1, -0.05) is 109 Å². The Morgan fingerprint density at radius 2 is 1.51 bits per heavy atom. The van der Waals surface area contributed by atoms with Gasteiger partial charge in [0.25, 0.3) is 10.0 Å². The molecule has 1 fully saturated rings. The first-order chi connectivity index (χ1) is 22.6. The van der Waals surface area contributed by atoms with Crippen molar-refractivity contribution in [3.8, 4) is 0 Å². The third-order valence-electron chi connectivity index (χ3n) is 8.70. The van der Waals surface area contributed by atoms with E-state index in [9.17, 15) is 18.0 Å². The molecule has 0 aromatic heterocycles. The van der Waals surface area contributed by atoms with E-state index >= 15 is 0 Å². The number of anilines is 1. The number of hydrogen-bond acceptors (Lipinski definition) is 4. The second-order valence-corrected chi connectivity index (χ2v) is 14.6. The maximum atomic E-state index is 14.7. The zero-order valence-corrected chi connectivity index (χ0v) is 28.5. The summed E-state index contributed by atoms with van der Waals surface area (Å²) in [5, 5.41) is 3.69. The van der Waals surface area contributed by atoms with Crippen molar-refractivity contribution in [2.75, 3.05) is 10.8 Å². The van der Waals surface area contributed by atoms with E-state index in [-0.39, 0.29) is 29.8 Å². The van der Waals surface area contributed by atoms with Crippen LogP contribution < -0.4 is 9.62 Å². The van der Waals surface area contributed by atoms with E-state index in [0.717, 1.165) is 53.1 Å². The molecule has 0 unspecified atom stereocenters. The van der Waals surface area contributed by atoms with Gasteiger partial charge in [-0.25, -0.2) is 8.42 Å². The lowest BCUT2D eigenvalue weighted by Crippen LogP contribution is -2.55. The maximum Gasteiger partial charge on any atom is 0.264 e. The van der Waals surface area contributed by atoms with Crippen LogP contribution in [0, 0.1) is 13.8 Å². The minimum absolute atomic E-state index is 0.0255. The van der Waals surface area contributed by atoms with E-state index in [2.05, 4.69) is 5.32 Å². The molecule has 1 aliphatic rings. The van der Waals surface area contributed by atoms with Crippen molar-refractivity contribution in [2.45, 2.75) is 75.9 Å². The van der Waals surface area contributed by atoms with Crippen LogP contribution >= 0.6 is 11.6 Å². The number of halogens is 1. The number of carbonyl (C=O) groups excluding carboxylic acids is 2. The molecule has 0 bridgehead atoms. The average Bonchev–Trinajstić information content (AvgIpc) is 3.07. The van der Waals surface area contributed by atoms with Crippen LogP contribution in [0.4, 0.5) is 5.69 Å². The molecule has 1 aliphatic carbocycles. The Bertz CT molecular complexity index is 1770. The van der Waals surface area contributed by atoms with Gasteiger partial charge in [0.05, 0.1) is 10.6 Å². The molecule has 1 atom stereocenters. The third kappa shape index (κ3) is 8.82. The van der Waals surface area contributed by atoms with Crippen LogP contribution in [0.15, 0.2) is 108 Å². The van der Waals surface area contributed by atoms with Gasteiger partial charge in [0, 0.05) is 24.0 Å². The molecule has 4 aromatic rings. The molecule has 1 N–H and O–H groups in total. The molecule has 0 heterocycles. The summed E-state index contributed by atoms with van der Waals surface area (Å²) < 4.78 is 29.6. The van der Waals surface area contributed by atoms with Gasteiger partial charge in [0.15, 0.2) is 0 Å². The van der Waals surface area contributed by atoms with Crippen LogP contribution in [0.1, 0.15) is 54.4 Å². The number of carbonyl (C=O) groups is 2. The summed E-state index contributed by atoms with van der Waals surface area (Å²) in [6, 6.07) is 29.5. The molecule has 47 heavy (non-hydrogen) atoms. The zero-order valence-electron chi connectivity index (χ0n) is 26.9. The second-order valence-electron chi connectivity index (χ2n) is 12.3. The van der Waals surface area contributed by atoms with E-state index < -0.39 is 28.5 Å². The largest absolute Gasteiger partial charge is 0.352 e. The van der Waals surface area contributed by atoms with Crippen molar-refractivity contribution in [2.24, 2.45) is 0 Å². The predicted octanol–water partition coefficient (Wildman–Crippen LogP) is 7.24. The monoisotopic (exact) mass is 671 g/mol. The standard InChI is InChI=1S/C38H42ClN3O4S/c1-28-20-22-34(23-21-28)47(45,46)42(33-18-11-12-29(2)24-33)27-37(43)41(26-31-15-9-10-19-35(31)39)36(25-30-13-5-3-6-14-30)38(44)40-32-16-7-4-8-17-32/h3,5-6,9-15,18-24,32,36H,4,7-8,16-17,25-27H2,1-2H3,(H,40,44)/t36-/m0/s1. The number of aryl methyl sites for hydroxylation is 2. The number of sulfonamides is 1. The first-order valence-corrected chi connectivity index (χ1v) is 18.0. The minimum atomic E-state index is -4.17. The molecule has 0 aliphatic heterocycles. The summed E-state index contributed by atoms with van der Waals surface area (Å²) in [5.41, 5.74) is 3.68. The quantitative estimate of drug-likeness (QED) is 0.172. The van der Waals surface area contributed by atoms with E-state index in [1.807, 2.05) is 68.4 Å². The molecule has 4 aromatic carbocycles. The number of hydrogen-bond donors (Lipinski definition) is 1. The Hall–Kier alpha value is -4.14. The van der Waals surface area contributed by atoms with Crippen molar-refractivity contribution in [1.29, 1.82) is 0 Å². The van der Waals surface area contributed by atoms with Gasteiger partial charge in [-0.2, -0.15) is 0 Å². The summed E-state index contributed by atoms with van der Waals surface area (Å²) in [5.74, 6) is -0.772. The van der Waals surface area contributed by atoms with Crippen molar-refractivity contribution < 1.29 is 18.0 Å². The highest BCUT2D eigenvalue weighted by molar-refractivity contribution is 7.92. The SMILES string of the molecule is Cc1ccc(S(=O)(=O)N(CC(=O)N(Cc2ccccc2Cl)[C@@H](Cc2ccccc2)C(=O)NC2CCCCC2)c2cccc(C)c2)cc1. The van der Waals surface area contributed by atoms with E-state index in [1.54, 1.807) is 48.5 Å². The zero-order chi connectivity index (χ0) is 33.4. The van der Waals surface area contributed by atoms with Crippen molar-refractivity contribution in [3.63, 3.8) is 0 Å². The van der Waals surface area contributed by atoms with Gasteiger partial charge >= 0.3 is 0 Å². The topological polar surface area (TPSA) is 86.8 Å². The smallest absolute Gasteiger partial charge is 0.264 e. The minimum Gasteiger partial charge on any atom is -0.352 e. The fraction of sp³-hybridized carbons (Fsp3) is 0.316. The summed E-state index contributed by atoms with van der Waals surface area (Å²) in [7, 11) is -4.17.